The van der Waals surface area contributed by atoms with Gasteiger partial charge in [-0.05, 0) is 0 Å². The van der Waals surface area contributed by atoms with E-state index in [4.69, 9.17) is 24.8 Å². The molecule has 2 fully saturated rings. The maximum absolute atomic E-state index is 12.6. The molecule has 0 amide bonds. The SMILES string of the molecule is Nc1nc2c(ncn2[C@@H]2O[C@H](COP(=O)(OP(=O)(O)O)OP3(=O)O[35S]O3)[C@@H](O)[C@H]2O)c(=O)[nH]1. The second-order valence-electron chi connectivity index (χ2n) is 6.38. The lowest BCUT2D eigenvalue weighted by Crippen LogP contribution is -2.33. The molecule has 4 rings (SSSR count). The summed E-state index contributed by atoms with van der Waals surface area (Å²) < 4.78 is 63.8. The number of aromatic amines is 1. The molecule has 2 aromatic rings. The quantitative estimate of drug-likeness (QED) is 0.173. The molecule has 7 N–H and O–H groups in total. The third kappa shape index (κ3) is 5.24. The number of aliphatic hydroxyl groups excluding tert-OH is 2. The van der Waals surface area contributed by atoms with E-state index in [1.165, 1.54) is 0 Å². The number of hydrogen-bond donors (Lipinski definition) is 6. The second-order valence-corrected chi connectivity index (χ2v) is 12.0. The van der Waals surface area contributed by atoms with Crippen LogP contribution in [-0.2, 0) is 39.5 Å². The van der Waals surface area contributed by atoms with Gasteiger partial charge in [-0.25, -0.2) is 18.7 Å². The topological polar surface area (TPSA) is 277 Å². The molecule has 2 aliphatic heterocycles. The Morgan fingerprint density at radius 2 is 2.00 bits per heavy atom. The maximum atomic E-state index is 12.6. The van der Waals surface area contributed by atoms with Gasteiger partial charge in [-0.15, -0.1) is 0 Å². The van der Waals surface area contributed by atoms with Crippen LogP contribution in [0.2, 0.25) is 0 Å². The second kappa shape index (κ2) is 8.78. The van der Waals surface area contributed by atoms with E-state index in [-0.39, 0.29) is 29.4 Å². The summed E-state index contributed by atoms with van der Waals surface area (Å²) in [7, 11) is -15.3. The van der Waals surface area contributed by atoms with Crippen molar-refractivity contribution < 1.29 is 59.5 Å². The fourth-order valence-electron chi connectivity index (χ4n) is 2.81. The summed E-state index contributed by atoms with van der Waals surface area (Å²) in [6.07, 6.45) is -5.22. The average Bonchev–Trinajstić information content (AvgIpc) is 3.19. The Bertz CT molecular complexity index is 1250. The fourth-order valence-corrected chi connectivity index (χ4v) is 7.28. The Balaban J connectivity index is 1.53. The minimum absolute atomic E-state index is 0.0946. The van der Waals surface area contributed by atoms with Crippen molar-refractivity contribution in [3.63, 3.8) is 0 Å². The molecule has 2 aromatic heterocycles. The summed E-state index contributed by atoms with van der Waals surface area (Å²) in [5.74, 6) is -0.261. The van der Waals surface area contributed by atoms with E-state index >= 15 is 0 Å². The van der Waals surface area contributed by atoms with Crippen molar-refractivity contribution in [3.8, 4) is 0 Å². The van der Waals surface area contributed by atoms with E-state index in [0.29, 0.717) is 0 Å². The molecular weight excluding hydrogens is 542 g/mol. The van der Waals surface area contributed by atoms with Crippen molar-refractivity contribution in [2.75, 3.05) is 12.3 Å². The molecule has 23 heteroatoms. The van der Waals surface area contributed by atoms with Crippen LogP contribution in [-0.4, -0.2) is 64.4 Å². The smallest absolute Gasteiger partial charge is 0.387 e. The van der Waals surface area contributed by atoms with Gasteiger partial charge in [0.1, 0.15) is 18.3 Å². The molecule has 0 radical (unpaired) electrons. The number of nitrogens with two attached hydrogens (primary N) is 1. The van der Waals surface area contributed by atoms with Crippen LogP contribution in [0.15, 0.2) is 11.1 Å². The first-order valence-corrected chi connectivity index (χ1v) is 13.5. The first kappa shape index (κ1) is 24.9. The predicted molar refractivity (Wildman–Crippen MR) is 104 cm³/mol. The van der Waals surface area contributed by atoms with Gasteiger partial charge in [0.2, 0.25) is 5.95 Å². The zero-order valence-electron chi connectivity index (χ0n) is 15.6. The third-order valence-corrected chi connectivity index (χ3v) is 9.77. The molecule has 2 saturated heterocycles. The van der Waals surface area contributed by atoms with Crippen LogP contribution in [0.5, 0.6) is 0 Å². The number of rotatable bonds is 8. The van der Waals surface area contributed by atoms with E-state index < -0.39 is 60.2 Å². The van der Waals surface area contributed by atoms with E-state index in [1.54, 1.807) is 0 Å². The fraction of sp³-hybridized carbons (Fsp3) is 0.500. The number of fused-ring (bicyclic) bond motifs is 1. The highest BCUT2D eigenvalue weighted by molar-refractivity contribution is 8.03. The minimum atomic E-state index is -5.51. The first-order valence-electron chi connectivity index (χ1n) is 8.41. The maximum Gasteiger partial charge on any atom is 0.509 e. The molecule has 0 aromatic carbocycles. The van der Waals surface area contributed by atoms with Gasteiger partial charge in [-0.3, -0.25) is 18.9 Å². The van der Waals surface area contributed by atoms with E-state index in [0.717, 1.165) is 10.9 Å². The van der Waals surface area contributed by atoms with Gasteiger partial charge >= 0.3 is 23.5 Å². The number of anilines is 1. The van der Waals surface area contributed by atoms with Crippen molar-refractivity contribution in [2.24, 2.45) is 0 Å². The van der Waals surface area contributed by atoms with Crippen LogP contribution in [0, 0.1) is 0 Å². The molecule has 4 heterocycles. The van der Waals surface area contributed by atoms with Crippen LogP contribution in [0.4, 0.5) is 5.95 Å². The van der Waals surface area contributed by atoms with Crippen LogP contribution in [0.1, 0.15) is 6.23 Å². The minimum Gasteiger partial charge on any atom is -0.387 e. The summed E-state index contributed by atoms with van der Waals surface area (Å²) in [5.41, 5.74) is 4.59. The summed E-state index contributed by atoms with van der Waals surface area (Å²) in [6.45, 7) is -0.956. The van der Waals surface area contributed by atoms with Gasteiger partial charge in [-0.1, -0.05) is 0 Å². The number of nitrogens with zero attached hydrogens (tertiary/aromatic N) is 3. The highest BCUT2D eigenvalue weighted by atomic mass is 35.1. The van der Waals surface area contributed by atoms with Gasteiger partial charge in [0.05, 0.1) is 12.9 Å². The number of aliphatic hydroxyl groups is 2. The molecule has 19 nitrogen and oxygen atoms in total. The summed E-state index contributed by atoms with van der Waals surface area (Å²) in [4.78, 5) is 39.8. The number of phosphoric acid groups is 3. The van der Waals surface area contributed by atoms with Crippen LogP contribution in [0.25, 0.3) is 11.2 Å². The van der Waals surface area contributed by atoms with Crippen molar-refractivity contribution in [1.82, 2.24) is 19.5 Å². The van der Waals surface area contributed by atoms with Crippen molar-refractivity contribution in [1.29, 1.82) is 0 Å². The highest BCUT2D eigenvalue weighted by Crippen LogP contribution is 2.76. The number of nitrogen functional groups attached to an aromatic ring is 1. The molecule has 0 saturated carbocycles. The van der Waals surface area contributed by atoms with E-state index in [2.05, 4.69) is 31.5 Å². The van der Waals surface area contributed by atoms with Gasteiger partial charge < -0.3 is 30.5 Å². The number of aromatic nitrogens is 4. The first-order chi connectivity index (χ1) is 15.3. The number of H-pyrrole nitrogens is 1. The van der Waals surface area contributed by atoms with Crippen molar-refractivity contribution in [3.05, 3.63) is 16.7 Å². The molecule has 0 aliphatic carbocycles. The zero-order chi connectivity index (χ0) is 24.2. The number of hydrogen-bond acceptors (Lipinski definition) is 16. The van der Waals surface area contributed by atoms with Crippen molar-refractivity contribution in [2.45, 2.75) is 24.5 Å². The summed E-state index contributed by atoms with van der Waals surface area (Å²) in [5, 5.41) is 20.7. The lowest BCUT2D eigenvalue weighted by atomic mass is 10.1. The Hall–Kier alpha value is -1.21. The van der Waals surface area contributed by atoms with Crippen LogP contribution >= 0.6 is 35.8 Å². The normalized spacial score (nSPS) is 29.1. The average molecular weight is 556 g/mol. The number of nitrogens with one attached hydrogen (secondary N) is 1. The molecular formula is C10H14N5O14P3S. The van der Waals surface area contributed by atoms with E-state index in [1.807, 2.05) is 0 Å². The largest absolute Gasteiger partial charge is 0.509 e. The molecule has 0 bridgehead atoms. The van der Waals surface area contributed by atoms with Gasteiger partial charge in [0.15, 0.2) is 29.7 Å². The van der Waals surface area contributed by atoms with Gasteiger partial charge in [-0.2, -0.15) is 21.5 Å². The number of imidazole rings is 1. The molecule has 0 spiro atoms. The standard InChI is InChI=1S/C10H14N5O14P3S/c11-10-13-7-4(8(18)14-10)12-2-15(7)9-6(17)5(16)3(25-9)1-24-31(22,26-30(19,20)21)27-32(23)28-33-29-32/h2-3,5-6,9,16-17H,1H2,(H2,19,20,21)(H3,11,13,14,18)/t3-,5-,6-,9-,31?/m1/s1/i33+3. The zero-order valence-corrected chi connectivity index (χ0v) is 19.1. The van der Waals surface area contributed by atoms with Crippen LogP contribution < -0.4 is 11.3 Å². The Morgan fingerprint density at radius 3 is 2.61 bits per heavy atom. The molecule has 2 aliphatic rings. The summed E-state index contributed by atoms with van der Waals surface area (Å²) in [6, 6.07) is 0. The Labute approximate surface area is 186 Å². The predicted octanol–water partition coefficient (Wildman–Crippen LogP) is -0.710. The lowest BCUT2D eigenvalue weighted by molar-refractivity contribution is -0.0502. The van der Waals surface area contributed by atoms with Gasteiger partial charge in [0.25, 0.3) is 5.56 Å². The monoisotopic (exact) mass is 556 g/mol. The Kier molecular flexibility index (Phi) is 6.62. The third-order valence-electron chi connectivity index (χ3n) is 4.11. The Morgan fingerprint density at radius 1 is 1.30 bits per heavy atom. The lowest BCUT2D eigenvalue weighted by Gasteiger charge is -2.26. The van der Waals surface area contributed by atoms with Crippen molar-refractivity contribution >= 4 is 52.9 Å². The number of ether oxygens (including phenoxy) is 1. The van der Waals surface area contributed by atoms with Crippen LogP contribution in [0.3, 0.4) is 0 Å². The highest BCUT2D eigenvalue weighted by Gasteiger charge is 2.52. The van der Waals surface area contributed by atoms with Gasteiger partial charge in [0, 0.05) is 0 Å². The molecule has 5 atom stereocenters. The molecule has 33 heavy (non-hydrogen) atoms. The summed E-state index contributed by atoms with van der Waals surface area (Å²) >= 11 is 0.188. The molecule has 184 valence electrons. The van der Waals surface area contributed by atoms with E-state index in [9.17, 15) is 28.7 Å². The molecule has 1 unspecified atom stereocenters.